The highest BCUT2D eigenvalue weighted by molar-refractivity contribution is 5.54. The minimum Gasteiger partial charge on any atom is -0.192 e. The lowest BCUT2D eigenvalue weighted by Crippen LogP contribution is -2.41. The van der Waals surface area contributed by atoms with E-state index in [4.69, 9.17) is 0 Å². The van der Waals surface area contributed by atoms with Gasteiger partial charge in [-0.2, -0.15) is 10.5 Å². The van der Waals surface area contributed by atoms with Crippen LogP contribution in [0.25, 0.3) is 0 Å². The summed E-state index contributed by atoms with van der Waals surface area (Å²) in [6.45, 7) is 4.44. The third-order valence-corrected chi connectivity index (χ3v) is 7.38. The molecule has 0 aliphatic heterocycles. The van der Waals surface area contributed by atoms with Crippen LogP contribution in [0, 0.1) is 33.5 Å². The second-order valence-corrected chi connectivity index (χ2v) is 8.86. The first kappa shape index (κ1) is 19.0. The molecular weight excluding hydrogens is 316 g/mol. The third kappa shape index (κ3) is 3.53. The van der Waals surface area contributed by atoms with Crippen molar-refractivity contribution in [3.8, 4) is 12.1 Å². The van der Waals surface area contributed by atoms with Crippen LogP contribution in [0.5, 0.6) is 0 Å². The van der Waals surface area contributed by atoms with E-state index in [1.165, 1.54) is 57.8 Å². The number of hydrogen-bond acceptors (Lipinski definition) is 2. The van der Waals surface area contributed by atoms with Crippen molar-refractivity contribution in [1.82, 2.24) is 0 Å². The zero-order valence-corrected chi connectivity index (χ0v) is 16.5. The maximum absolute atomic E-state index is 9.68. The Morgan fingerprint density at radius 2 is 1.19 bits per heavy atom. The predicted octanol–water partition coefficient (Wildman–Crippen LogP) is 6.46. The second-order valence-electron chi connectivity index (χ2n) is 8.86. The van der Waals surface area contributed by atoms with Crippen LogP contribution in [0.4, 0.5) is 0 Å². The monoisotopic (exact) mass is 348 g/mol. The molecule has 1 aromatic carbocycles. The summed E-state index contributed by atoms with van der Waals surface area (Å²) in [5.41, 5.74) is 4.55. The van der Waals surface area contributed by atoms with Crippen molar-refractivity contribution in [3.63, 3.8) is 0 Å². The standard InChI is InChI=1S/C24H32N2/c1-3-5-19-6-7-20(22(18-26)21(19)17-25)8-10-24-14-11-23(9-4-2,12-15-24)13-16-24/h6-7H,3-5,8-16H2,1-2H3. The number of fused-ring (bicyclic) bond motifs is 3. The topological polar surface area (TPSA) is 47.6 Å². The quantitative estimate of drug-likeness (QED) is 0.568. The molecule has 2 heteroatoms. The van der Waals surface area contributed by atoms with E-state index in [1.807, 2.05) is 0 Å². The zero-order chi connectivity index (χ0) is 18.6. The molecule has 138 valence electrons. The smallest absolute Gasteiger partial charge is 0.101 e. The first-order valence-corrected chi connectivity index (χ1v) is 10.6. The van der Waals surface area contributed by atoms with Crippen LogP contribution in [0.2, 0.25) is 0 Å². The van der Waals surface area contributed by atoms with Crippen LogP contribution in [-0.2, 0) is 12.8 Å². The molecule has 0 radical (unpaired) electrons. The van der Waals surface area contributed by atoms with Crippen LogP contribution in [0.3, 0.4) is 0 Å². The molecule has 0 unspecified atom stereocenters. The van der Waals surface area contributed by atoms with Gasteiger partial charge in [0.15, 0.2) is 0 Å². The summed E-state index contributed by atoms with van der Waals surface area (Å²) in [6.07, 6.45) is 15.1. The molecule has 0 N–H and O–H groups in total. The van der Waals surface area contributed by atoms with Crippen LogP contribution in [0.1, 0.15) is 100 Å². The highest BCUT2D eigenvalue weighted by Gasteiger charge is 2.47. The molecule has 3 aliphatic carbocycles. The van der Waals surface area contributed by atoms with Crippen LogP contribution < -0.4 is 0 Å². The zero-order valence-electron chi connectivity index (χ0n) is 16.5. The Labute approximate surface area is 159 Å². The number of rotatable bonds is 7. The number of benzene rings is 1. The predicted molar refractivity (Wildman–Crippen MR) is 106 cm³/mol. The van der Waals surface area contributed by atoms with Gasteiger partial charge in [-0.1, -0.05) is 38.8 Å². The number of aryl methyl sites for hydroxylation is 2. The Balaban J connectivity index is 1.73. The van der Waals surface area contributed by atoms with Crippen LogP contribution in [-0.4, -0.2) is 0 Å². The van der Waals surface area contributed by atoms with Crippen molar-refractivity contribution in [3.05, 3.63) is 34.4 Å². The molecule has 3 saturated carbocycles. The van der Waals surface area contributed by atoms with E-state index in [-0.39, 0.29) is 0 Å². The lowest BCUT2D eigenvalue weighted by molar-refractivity contribution is -0.0195. The lowest BCUT2D eigenvalue weighted by atomic mass is 9.51. The Bertz CT molecular complexity index is 707. The van der Waals surface area contributed by atoms with Gasteiger partial charge in [0.25, 0.3) is 0 Å². The second kappa shape index (κ2) is 7.84. The van der Waals surface area contributed by atoms with Gasteiger partial charge in [0, 0.05) is 0 Å². The number of nitriles is 2. The van der Waals surface area contributed by atoms with Crippen molar-refractivity contribution >= 4 is 0 Å². The molecule has 3 aliphatic rings. The van der Waals surface area contributed by atoms with Gasteiger partial charge in [-0.25, -0.2) is 0 Å². The summed E-state index contributed by atoms with van der Waals surface area (Å²) in [5.74, 6) is 0. The average molecular weight is 349 g/mol. The Morgan fingerprint density at radius 1 is 0.731 bits per heavy atom. The molecule has 2 bridgehead atoms. The van der Waals surface area contributed by atoms with E-state index in [9.17, 15) is 10.5 Å². The van der Waals surface area contributed by atoms with E-state index >= 15 is 0 Å². The minimum atomic E-state index is 0.497. The molecule has 0 heterocycles. The Hall–Kier alpha value is -1.80. The maximum Gasteiger partial charge on any atom is 0.101 e. The fourth-order valence-electron chi connectivity index (χ4n) is 5.65. The molecule has 26 heavy (non-hydrogen) atoms. The molecular formula is C24H32N2. The van der Waals surface area contributed by atoms with Gasteiger partial charge < -0.3 is 0 Å². The van der Waals surface area contributed by atoms with E-state index < -0.39 is 0 Å². The first-order chi connectivity index (χ1) is 12.6. The van der Waals surface area contributed by atoms with Crippen LogP contribution >= 0.6 is 0 Å². The molecule has 4 rings (SSSR count). The van der Waals surface area contributed by atoms with Crippen molar-refractivity contribution in [2.45, 2.75) is 90.9 Å². The molecule has 0 aromatic heterocycles. The van der Waals surface area contributed by atoms with Crippen molar-refractivity contribution in [1.29, 1.82) is 10.5 Å². The molecule has 0 amide bonds. The first-order valence-electron chi connectivity index (χ1n) is 10.6. The van der Waals surface area contributed by atoms with E-state index in [1.54, 1.807) is 0 Å². The van der Waals surface area contributed by atoms with Crippen LogP contribution in [0.15, 0.2) is 12.1 Å². The summed E-state index contributed by atoms with van der Waals surface area (Å²) in [7, 11) is 0. The minimum absolute atomic E-state index is 0.497. The van der Waals surface area contributed by atoms with Gasteiger partial charge in [0.2, 0.25) is 0 Å². The summed E-state index contributed by atoms with van der Waals surface area (Å²) in [4.78, 5) is 0. The van der Waals surface area contributed by atoms with Gasteiger partial charge in [-0.05, 0) is 86.2 Å². The van der Waals surface area contributed by atoms with Gasteiger partial charge in [0.1, 0.15) is 12.1 Å². The summed E-state index contributed by atoms with van der Waals surface area (Å²) < 4.78 is 0. The van der Waals surface area contributed by atoms with Crippen molar-refractivity contribution < 1.29 is 0 Å². The Kier molecular flexibility index (Phi) is 5.72. The number of nitrogens with zero attached hydrogens (tertiary/aromatic N) is 2. The van der Waals surface area contributed by atoms with Gasteiger partial charge in [-0.3, -0.25) is 0 Å². The van der Waals surface area contributed by atoms with E-state index in [2.05, 4.69) is 38.1 Å². The van der Waals surface area contributed by atoms with Gasteiger partial charge >= 0.3 is 0 Å². The highest BCUT2D eigenvalue weighted by atomic mass is 14.5. The largest absolute Gasteiger partial charge is 0.192 e. The molecule has 1 aromatic rings. The SMILES string of the molecule is CCCc1ccc(CCC23CCC(CCC)(CC2)CC3)c(C#N)c1C#N. The highest BCUT2D eigenvalue weighted by Crippen LogP contribution is 2.60. The fraction of sp³-hybridized carbons (Fsp3) is 0.667. The fourth-order valence-corrected chi connectivity index (χ4v) is 5.65. The third-order valence-electron chi connectivity index (χ3n) is 7.38. The average Bonchev–Trinajstić information content (AvgIpc) is 2.68. The van der Waals surface area contributed by atoms with Gasteiger partial charge in [-0.15, -0.1) is 0 Å². The van der Waals surface area contributed by atoms with Crippen molar-refractivity contribution in [2.75, 3.05) is 0 Å². The van der Waals surface area contributed by atoms with Gasteiger partial charge in [0.05, 0.1) is 11.1 Å². The molecule has 2 nitrogen and oxygen atoms in total. The molecule has 3 fully saturated rings. The summed E-state index contributed by atoms with van der Waals surface area (Å²) in [6, 6.07) is 8.85. The lowest BCUT2D eigenvalue weighted by Gasteiger charge is -2.54. The van der Waals surface area contributed by atoms with Crippen molar-refractivity contribution in [2.24, 2.45) is 10.8 Å². The summed E-state index contributed by atoms with van der Waals surface area (Å²) in [5, 5.41) is 19.3. The van der Waals surface area contributed by atoms with E-state index in [0.29, 0.717) is 22.0 Å². The van der Waals surface area contributed by atoms with E-state index in [0.717, 1.165) is 30.4 Å². The molecule has 0 atom stereocenters. The maximum atomic E-state index is 9.68. The summed E-state index contributed by atoms with van der Waals surface area (Å²) >= 11 is 0. The number of hydrogen-bond donors (Lipinski definition) is 0. The molecule has 0 saturated heterocycles. The molecule has 0 spiro atoms. The Morgan fingerprint density at radius 3 is 1.62 bits per heavy atom. The normalized spacial score (nSPS) is 27.1.